The van der Waals surface area contributed by atoms with Gasteiger partial charge in [0, 0.05) is 18.8 Å². The summed E-state index contributed by atoms with van der Waals surface area (Å²) < 4.78 is 35.5. The summed E-state index contributed by atoms with van der Waals surface area (Å²) in [6.45, 7) is 0.698. The molecule has 17 nitrogen and oxygen atoms in total. The highest BCUT2D eigenvalue weighted by molar-refractivity contribution is 5.89. The molecule has 17 heteroatoms. The number of para-hydroxylation sites is 1. The van der Waals surface area contributed by atoms with Gasteiger partial charge in [-0.3, -0.25) is 0 Å². The van der Waals surface area contributed by atoms with Gasteiger partial charge in [-0.2, -0.15) is 0 Å². The van der Waals surface area contributed by atoms with Crippen LogP contribution in [0, 0.1) is 5.92 Å². The molecule has 2 amide bonds. The first-order valence-corrected chi connectivity index (χ1v) is 17.7. The predicted molar refractivity (Wildman–Crippen MR) is 173 cm³/mol. The van der Waals surface area contributed by atoms with Crippen LogP contribution < -0.4 is 15.7 Å². The lowest BCUT2D eigenvalue weighted by molar-refractivity contribution is -0.359. The monoisotopic (exact) mass is 727 g/mol. The van der Waals surface area contributed by atoms with Crippen molar-refractivity contribution in [3.05, 3.63) is 30.3 Å². The highest BCUT2D eigenvalue weighted by Gasteiger charge is 2.51. The van der Waals surface area contributed by atoms with Crippen molar-refractivity contribution in [3.63, 3.8) is 0 Å². The lowest BCUT2D eigenvalue weighted by atomic mass is 9.85. The van der Waals surface area contributed by atoms with Crippen LogP contribution in [-0.2, 0) is 33.2 Å². The molecule has 5 rings (SSSR count). The fraction of sp³-hybridized carbons (Fsp3) is 0.765. The van der Waals surface area contributed by atoms with E-state index >= 15 is 0 Å². The highest BCUT2D eigenvalue weighted by Crippen LogP contribution is 2.34. The molecule has 1 aliphatic carbocycles. The fourth-order valence-electron chi connectivity index (χ4n) is 7.12. The SMILES string of the molecule is CC1OC(OC2C(CNC(=O)Nc3ccccc3)OCCC2OC2OC(CO)C(O)C(OC(CC3CCCCC3)C(=O)[O-])C2O)C(O)C(O)C1O. The minimum absolute atomic E-state index is 0.0663. The van der Waals surface area contributed by atoms with Crippen LogP contribution in [0.5, 0.6) is 0 Å². The van der Waals surface area contributed by atoms with Gasteiger partial charge in [-0.05, 0) is 37.8 Å². The predicted octanol–water partition coefficient (Wildman–Crippen LogP) is -1.89. The van der Waals surface area contributed by atoms with E-state index in [9.17, 15) is 45.3 Å². The number of benzene rings is 1. The van der Waals surface area contributed by atoms with Crippen LogP contribution in [0.2, 0.25) is 0 Å². The Labute approximate surface area is 295 Å². The number of carboxylic acid groups (broad SMARTS) is 1. The van der Waals surface area contributed by atoms with Gasteiger partial charge in [0.25, 0.3) is 0 Å². The minimum atomic E-state index is -1.75. The summed E-state index contributed by atoms with van der Waals surface area (Å²) in [5.41, 5.74) is 0.536. The largest absolute Gasteiger partial charge is 0.547 e. The lowest BCUT2D eigenvalue weighted by Gasteiger charge is -2.47. The Morgan fingerprint density at radius 1 is 0.863 bits per heavy atom. The second kappa shape index (κ2) is 18.5. The third-order valence-electron chi connectivity index (χ3n) is 10.0. The molecular weight excluding hydrogens is 676 g/mol. The second-order valence-electron chi connectivity index (χ2n) is 13.7. The Kier molecular flexibility index (Phi) is 14.4. The average Bonchev–Trinajstić information content (AvgIpc) is 3.12. The number of nitrogens with one attached hydrogen (secondary N) is 2. The van der Waals surface area contributed by atoms with Gasteiger partial charge in [0.05, 0.1) is 30.9 Å². The van der Waals surface area contributed by atoms with Gasteiger partial charge in [0.2, 0.25) is 0 Å². The third kappa shape index (κ3) is 10.1. The van der Waals surface area contributed by atoms with Crippen molar-refractivity contribution < 1.29 is 73.8 Å². The van der Waals surface area contributed by atoms with Crippen LogP contribution in [0.15, 0.2) is 30.3 Å². The summed E-state index contributed by atoms with van der Waals surface area (Å²) in [4.78, 5) is 24.9. The molecule has 0 bridgehead atoms. The first kappa shape index (κ1) is 39.7. The van der Waals surface area contributed by atoms with E-state index in [1.54, 1.807) is 30.3 Å². The summed E-state index contributed by atoms with van der Waals surface area (Å²) in [6.07, 6.45) is -14.7. The number of amides is 2. The number of aliphatic hydroxyl groups excluding tert-OH is 6. The normalized spacial score (nSPS) is 38.5. The van der Waals surface area contributed by atoms with Crippen molar-refractivity contribution in [2.45, 2.75) is 138 Å². The molecule has 288 valence electrons. The zero-order valence-corrected chi connectivity index (χ0v) is 28.5. The van der Waals surface area contributed by atoms with Crippen LogP contribution in [0.1, 0.15) is 51.9 Å². The van der Waals surface area contributed by atoms with E-state index in [0.29, 0.717) is 5.69 Å². The van der Waals surface area contributed by atoms with Crippen LogP contribution in [0.25, 0.3) is 0 Å². The number of ether oxygens (including phenoxy) is 6. The van der Waals surface area contributed by atoms with Crippen LogP contribution in [0.4, 0.5) is 10.5 Å². The molecule has 51 heavy (non-hydrogen) atoms. The topological polar surface area (TPSA) is 258 Å². The number of aliphatic carboxylic acids is 1. The van der Waals surface area contributed by atoms with E-state index in [0.717, 1.165) is 32.1 Å². The number of anilines is 1. The summed E-state index contributed by atoms with van der Waals surface area (Å²) in [7, 11) is 0. The Morgan fingerprint density at radius 2 is 1.57 bits per heavy atom. The van der Waals surface area contributed by atoms with Crippen LogP contribution in [0.3, 0.4) is 0 Å². The molecule has 1 aromatic rings. The molecule has 8 N–H and O–H groups in total. The number of rotatable bonds is 13. The molecule has 0 radical (unpaired) electrons. The first-order valence-electron chi connectivity index (χ1n) is 17.7. The summed E-state index contributed by atoms with van der Waals surface area (Å²) >= 11 is 0. The van der Waals surface area contributed by atoms with Crippen molar-refractivity contribution in [1.29, 1.82) is 0 Å². The van der Waals surface area contributed by atoms with Gasteiger partial charge in [-0.15, -0.1) is 0 Å². The van der Waals surface area contributed by atoms with E-state index in [4.69, 9.17) is 28.4 Å². The summed E-state index contributed by atoms with van der Waals surface area (Å²) in [5, 5.41) is 81.4. The second-order valence-corrected chi connectivity index (χ2v) is 13.7. The number of hydrogen-bond donors (Lipinski definition) is 8. The Morgan fingerprint density at radius 3 is 2.25 bits per heavy atom. The molecule has 0 spiro atoms. The van der Waals surface area contributed by atoms with E-state index < -0.39 is 104 Å². The average molecular weight is 728 g/mol. The zero-order valence-electron chi connectivity index (χ0n) is 28.5. The maximum atomic E-state index is 12.7. The van der Waals surface area contributed by atoms with Gasteiger partial charge in [-0.1, -0.05) is 50.3 Å². The smallest absolute Gasteiger partial charge is 0.319 e. The maximum absolute atomic E-state index is 12.7. The molecule has 3 heterocycles. The highest BCUT2D eigenvalue weighted by atomic mass is 16.7. The first-order chi connectivity index (χ1) is 24.5. The molecular formula is C34H51N2O15-. The standard InChI is InChI=1S/C34H52N2O15/c1-17-24(38)26(40)27(41)32(47-17)51-29-20(12-13-46-22(29)15-35-34(45)36-19-10-6-3-7-11-19)49-33-28(42)30(25(39)23(16-37)50-33)48-21(31(43)44)14-18-8-4-2-5-9-18/h3,6-7,10-11,17-18,20-30,32-33,37-42H,2,4-5,8-9,12-16H2,1H3,(H,43,44)(H2,35,36,45)/p-1. The minimum Gasteiger partial charge on any atom is -0.547 e. The molecule has 14 atom stereocenters. The molecule has 14 unspecified atom stereocenters. The molecule has 1 saturated carbocycles. The van der Waals surface area contributed by atoms with Gasteiger partial charge in [-0.25, -0.2) is 4.79 Å². The number of carboxylic acids is 1. The maximum Gasteiger partial charge on any atom is 0.319 e. The number of aliphatic hydroxyl groups is 6. The Hall–Kier alpha value is -2.52. The quantitative estimate of drug-likeness (QED) is 0.111. The molecule has 3 aliphatic heterocycles. The van der Waals surface area contributed by atoms with Gasteiger partial charge >= 0.3 is 6.03 Å². The Balaban J connectivity index is 1.33. The van der Waals surface area contributed by atoms with Crippen molar-refractivity contribution in [2.75, 3.05) is 25.1 Å². The van der Waals surface area contributed by atoms with E-state index in [-0.39, 0.29) is 31.9 Å². The third-order valence-corrected chi connectivity index (χ3v) is 10.0. The summed E-state index contributed by atoms with van der Waals surface area (Å²) in [5.74, 6) is -1.43. The number of carbonyl (C=O) groups is 2. The molecule has 4 aliphatic rings. The number of carbonyl (C=O) groups excluding carboxylic acids is 2. The number of urea groups is 1. The van der Waals surface area contributed by atoms with Crippen molar-refractivity contribution >= 4 is 17.7 Å². The Bertz CT molecular complexity index is 1240. The van der Waals surface area contributed by atoms with Crippen molar-refractivity contribution in [1.82, 2.24) is 5.32 Å². The fourth-order valence-corrected chi connectivity index (χ4v) is 7.12. The van der Waals surface area contributed by atoms with E-state index in [1.807, 2.05) is 0 Å². The van der Waals surface area contributed by atoms with Gasteiger partial charge < -0.3 is 79.6 Å². The zero-order chi connectivity index (χ0) is 36.7. The van der Waals surface area contributed by atoms with Crippen LogP contribution >= 0.6 is 0 Å². The van der Waals surface area contributed by atoms with Crippen LogP contribution in [-0.4, -0.2) is 148 Å². The van der Waals surface area contributed by atoms with Gasteiger partial charge in [0.15, 0.2) is 12.6 Å². The number of hydrogen-bond acceptors (Lipinski definition) is 15. The molecule has 0 aromatic heterocycles. The summed E-state index contributed by atoms with van der Waals surface area (Å²) in [6, 6.07) is 8.13. The molecule has 3 saturated heterocycles. The van der Waals surface area contributed by atoms with Crippen molar-refractivity contribution in [3.8, 4) is 0 Å². The van der Waals surface area contributed by atoms with Crippen molar-refractivity contribution in [2.24, 2.45) is 5.92 Å². The molecule has 1 aromatic carbocycles. The van der Waals surface area contributed by atoms with E-state index in [2.05, 4.69) is 10.6 Å². The molecule has 4 fully saturated rings. The van der Waals surface area contributed by atoms with E-state index in [1.165, 1.54) is 6.92 Å². The van der Waals surface area contributed by atoms with Gasteiger partial charge in [0.1, 0.15) is 54.9 Å². The lowest BCUT2D eigenvalue weighted by Crippen LogP contribution is -2.64.